The quantitative estimate of drug-likeness (QED) is 0.687. The standard InChI is InChI=1S/C10H12N4O/c1-13-4-3-11-10(13)9(15)5-8-6-12-14(2)7-8/h3-4,6-7H,5H2,1-2H3. The lowest BCUT2D eigenvalue weighted by Gasteiger charge is -1.98. The monoisotopic (exact) mass is 204 g/mol. The first-order chi connectivity index (χ1) is 7.16. The van der Waals surface area contributed by atoms with E-state index in [0.29, 0.717) is 12.2 Å². The molecular formula is C10H12N4O. The van der Waals surface area contributed by atoms with Crippen molar-refractivity contribution in [3.63, 3.8) is 0 Å². The highest BCUT2D eigenvalue weighted by Crippen LogP contribution is 2.04. The van der Waals surface area contributed by atoms with Crippen molar-refractivity contribution in [2.24, 2.45) is 14.1 Å². The van der Waals surface area contributed by atoms with Crippen LogP contribution >= 0.6 is 0 Å². The predicted molar refractivity (Wildman–Crippen MR) is 54.5 cm³/mol. The molecule has 0 aliphatic heterocycles. The normalized spacial score (nSPS) is 10.5. The third kappa shape index (κ3) is 1.96. The third-order valence-corrected chi connectivity index (χ3v) is 2.19. The lowest BCUT2D eigenvalue weighted by molar-refractivity contribution is 0.0980. The van der Waals surface area contributed by atoms with Gasteiger partial charge in [-0.25, -0.2) is 4.98 Å². The molecule has 5 nitrogen and oxygen atoms in total. The zero-order chi connectivity index (χ0) is 10.8. The highest BCUT2D eigenvalue weighted by atomic mass is 16.1. The number of nitrogens with zero attached hydrogens (tertiary/aromatic N) is 4. The average Bonchev–Trinajstić information content (AvgIpc) is 2.75. The first kappa shape index (κ1) is 9.64. The Morgan fingerprint density at radius 1 is 1.47 bits per heavy atom. The van der Waals surface area contributed by atoms with Crippen LogP contribution in [0, 0.1) is 0 Å². The first-order valence-electron chi connectivity index (χ1n) is 4.65. The number of imidazole rings is 1. The Hall–Kier alpha value is -1.91. The third-order valence-electron chi connectivity index (χ3n) is 2.19. The zero-order valence-corrected chi connectivity index (χ0v) is 8.71. The van der Waals surface area contributed by atoms with Crippen LogP contribution in [-0.2, 0) is 20.5 Å². The molecule has 0 spiro atoms. The molecule has 2 aromatic heterocycles. The van der Waals surface area contributed by atoms with Gasteiger partial charge in [0.15, 0.2) is 5.82 Å². The van der Waals surface area contributed by atoms with E-state index in [2.05, 4.69) is 10.1 Å². The Morgan fingerprint density at radius 3 is 2.80 bits per heavy atom. The molecular weight excluding hydrogens is 192 g/mol. The van der Waals surface area contributed by atoms with E-state index in [1.165, 1.54) is 0 Å². The summed E-state index contributed by atoms with van der Waals surface area (Å²) in [5.41, 5.74) is 0.908. The van der Waals surface area contributed by atoms with E-state index in [1.807, 2.05) is 20.3 Å². The van der Waals surface area contributed by atoms with Gasteiger partial charge in [-0.2, -0.15) is 5.10 Å². The van der Waals surface area contributed by atoms with Crippen molar-refractivity contribution in [1.29, 1.82) is 0 Å². The minimum atomic E-state index is 0.00972. The van der Waals surface area contributed by atoms with Gasteiger partial charge in [0.05, 0.1) is 6.20 Å². The van der Waals surface area contributed by atoms with Crippen LogP contribution in [0.4, 0.5) is 0 Å². The summed E-state index contributed by atoms with van der Waals surface area (Å²) in [6.07, 6.45) is 7.26. The largest absolute Gasteiger partial charge is 0.332 e. The van der Waals surface area contributed by atoms with Crippen LogP contribution in [0.5, 0.6) is 0 Å². The molecule has 2 heterocycles. The topological polar surface area (TPSA) is 52.7 Å². The number of rotatable bonds is 3. The molecule has 0 amide bonds. The molecule has 0 aromatic carbocycles. The summed E-state index contributed by atoms with van der Waals surface area (Å²) >= 11 is 0. The molecule has 0 atom stereocenters. The second-order valence-electron chi connectivity index (χ2n) is 3.48. The average molecular weight is 204 g/mol. The van der Waals surface area contributed by atoms with Crippen molar-refractivity contribution in [2.75, 3.05) is 0 Å². The van der Waals surface area contributed by atoms with Crippen LogP contribution in [0.15, 0.2) is 24.8 Å². The van der Waals surface area contributed by atoms with Crippen molar-refractivity contribution in [3.8, 4) is 0 Å². The molecule has 15 heavy (non-hydrogen) atoms. The minimum Gasteiger partial charge on any atom is -0.332 e. The summed E-state index contributed by atoms with van der Waals surface area (Å²) < 4.78 is 3.40. The van der Waals surface area contributed by atoms with Crippen molar-refractivity contribution in [2.45, 2.75) is 6.42 Å². The Balaban J connectivity index is 2.14. The van der Waals surface area contributed by atoms with Gasteiger partial charge in [0.1, 0.15) is 0 Å². The Labute approximate surface area is 87.4 Å². The predicted octanol–water partition coefficient (Wildman–Crippen LogP) is 0.579. The molecule has 0 saturated carbocycles. The van der Waals surface area contributed by atoms with Gasteiger partial charge in [0.25, 0.3) is 0 Å². The van der Waals surface area contributed by atoms with E-state index in [1.54, 1.807) is 27.8 Å². The van der Waals surface area contributed by atoms with Crippen molar-refractivity contribution < 1.29 is 4.79 Å². The lowest BCUT2D eigenvalue weighted by Crippen LogP contribution is -2.09. The van der Waals surface area contributed by atoms with Gasteiger partial charge in [0, 0.05) is 39.1 Å². The number of ketones is 1. The molecule has 2 rings (SSSR count). The first-order valence-corrected chi connectivity index (χ1v) is 4.65. The molecule has 0 aliphatic rings. The number of aromatic nitrogens is 4. The maximum absolute atomic E-state index is 11.8. The Bertz CT molecular complexity index is 483. The summed E-state index contributed by atoms with van der Waals surface area (Å²) in [7, 11) is 3.64. The number of hydrogen-bond acceptors (Lipinski definition) is 3. The molecule has 5 heteroatoms. The van der Waals surface area contributed by atoms with E-state index in [-0.39, 0.29) is 5.78 Å². The Kier molecular flexibility index (Phi) is 2.37. The molecule has 0 unspecified atom stereocenters. The highest BCUT2D eigenvalue weighted by molar-refractivity contribution is 5.94. The number of carbonyl (C=O) groups excluding carboxylic acids is 1. The van der Waals surface area contributed by atoms with Crippen molar-refractivity contribution in [3.05, 3.63) is 36.2 Å². The van der Waals surface area contributed by atoms with Gasteiger partial charge in [-0.15, -0.1) is 0 Å². The van der Waals surface area contributed by atoms with Crippen LogP contribution in [-0.4, -0.2) is 25.1 Å². The molecule has 2 aromatic rings. The van der Waals surface area contributed by atoms with E-state index < -0.39 is 0 Å². The van der Waals surface area contributed by atoms with Gasteiger partial charge in [0.2, 0.25) is 5.78 Å². The fourth-order valence-corrected chi connectivity index (χ4v) is 1.46. The van der Waals surface area contributed by atoms with Gasteiger partial charge in [-0.05, 0) is 5.56 Å². The fraction of sp³-hybridized carbons (Fsp3) is 0.300. The van der Waals surface area contributed by atoms with E-state index >= 15 is 0 Å². The smallest absolute Gasteiger partial charge is 0.202 e. The number of Topliss-reactive ketones (excluding diaryl/α,β-unsaturated/α-hetero) is 1. The van der Waals surface area contributed by atoms with Crippen molar-refractivity contribution in [1.82, 2.24) is 19.3 Å². The van der Waals surface area contributed by atoms with Gasteiger partial charge in [-0.3, -0.25) is 9.48 Å². The van der Waals surface area contributed by atoms with Gasteiger partial charge in [-0.1, -0.05) is 0 Å². The SMILES string of the molecule is Cn1cc(CC(=O)c2nccn2C)cn1. The summed E-state index contributed by atoms with van der Waals surface area (Å²) in [5, 5.41) is 4.01. The van der Waals surface area contributed by atoms with Crippen LogP contribution in [0.25, 0.3) is 0 Å². The van der Waals surface area contributed by atoms with E-state index in [0.717, 1.165) is 5.56 Å². The number of aryl methyl sites for hydroxylation is 2. The second kappa shape index (κ2) is 3.68. The lowest BCUT2D eigenvalue weighted by atomic mass is 10.2. The fourth-order valence-electron chi connectivity index (χ4n) is 1.46. The van der Waals surface area contributed by atoms with Gasteiger partial charge < -0.3 is 4.57 Å². The molecule has 78 valence electrons. The van der Waals surface area contributed by atoms with Gasteiger partial charge >= 0.3 is 0 Å². The highest BCUT2D eigenvalue weighted by Gasteiger charge is 2.12. The maximum atomic E-state index is 11.8. The molecule has 0 radical (unpaired) electrons. The number of carbonyl (C=O) groups is 1. The van der Waals surface area contributed by atoms with E-state index in [4.69, 9.17) is 0 Å². The van der Waals surface area contributed by atoms with Crippen LogP contribution in [0.1, 0.15) is 16.2 Å². The second-order valence-corrected chi connectivity index (χ2v) is 3.48. The Morgan fingerprint density at radius 2 is 2.27 bits per heavy atom. The number of hydrogen-bond donors (Lipinski definition) is 0. The molecule has 0 saturated heterocycles. The van der Waals surface area contributed by atoms with Crippen LogP contribution in [0.3, 0.4) is 0 Å². The summed E-state index contributed by atoms with van der Waals surface area (Å²) in [6, 6.07) is 0. The molecule has 0 bridgehead atoms. The molecule has 0 N–H and O–H groups in total. The molecule has 0 fully saturated rings. The van der Waals surface area contributed by atoms with Crippen LogP contribution in [0.2, 0.25) is 0 Å². The van der Waals surface area contributed by atoms with Crippen LogP contribution < -0.4 is 0 Å². The molecule has 0 aliphatic carbocycles. The summed E-state index contributed by atoms with van der Waals surface area (Å²) in [6.45, 7) is 0. The van der Waals surface area contributed by atoms with Crippen molar-refractivity contribution >= 4 is 5.78 Å². The minimum absolute atomic E-state index is 0.00972. The summed E-state index contributed by atoms with van der Waals surface area (Å²) in [5.74, 6) is 0.495. The van der Waals surface area contributed by atoms with E-state index in [9.17, 15) is 4.79 Å². The summed E-state index contributed by atoms with van der Waals surface area (Å²) in [4.78, 5) is 15.8. The maximum Gasteiger partial charge on any atom is 0.202 e. The zero-order valence-electron chi connectivity index (χ0n) is 8.71.